The summed E-state index contributed by atoms with van der Waals surface area (Å²) in [5.74, 6) is -1.45. The van der Waals surface area contributed by atoms with E-state index in [0.717, 1.165) is 47.9 Å². The van der Waals surface area contributed by atoms with E-state index in [0.29, 0.717) is 12.8 Å². The fourth-order valence-electron chi connectivity index (χ4n) is 4.52. The van der Waals surface area contributed by atoms with Crippen LogP contribution >= 0.6 is 11.6 Å². The van der Waals surface area contributed by atoms with Crippen molar-refractivity contribution >= 4 is 39.1 Å². The molecule has 0 heterocycles. The first-order valence-corrected chi connectivity index (χ1v) is 14.4. The van der Waals surface area contributed by atoms with Gasteiger partial charge in [0.1, 0.15) is 18.4 Å². The Morgan fingerprint density at radius 1 is 1.14 bits per heavy atom. The number of benzene rings is 2. The van der Waals surface area contributed by atoms with E-state index in [1.807, 2.05) is 37.3 Å². The van der Waals surface area contributed by atoms with Gasteiger partial charge in [0.15, 0.2) is 0 Å². The Morgan fingerprint density at radius 2 is 1.81 bits per heavy atom. The Kier molecular flexibility index (Phi) is 9.73. The molecule has 36 heavy (non-hydrogen) atoms. The van der Waals surface area contributed by atoms with E-state index in [-0.39, 0.29) is 29.2 Å². The zero-order valence-electron chi connectivity index (χ0n) is 20.6. The van der Waals surface area contributed by atoms with Crippen molar-refractivity contribution in [2.75, 3.05) is 23.7 Å². The minimum atomic E-state index is -3.91. The number of halogens is 2. The van der Waals surface area contributed by atoms with E-state index in [1.165, 1.54) is 17.0 Å². The van der Waals surface area contributed by atoms with Crippen molar-refractivity contribution in [3.63, 3.8) is 0 Å². The molecule has 0 bridgehead atoms. The first-order chi connectivity index (χ1) is 17.1. The quantitative estimate of drug-likeness (QED) is 0.466. The summed E-state index contributed by atoms with van der Waals surface area (Å²) in [5, 5.41) is 2.82. The van der Waals surface area contributed by atoms with Gasteiger partial charge in [0, 0.05) is 12.6 Å². The van der Waals surface area contributed by atoms with Crippen LogP contribution in [0.5, 0.6) is 0 Å². The molecule has 1 saturated carbocycles. The van der Waals surface area contributed by atoms with Crippen molar-refractivity contribution in [3.05, 3.63) is 64.9 Å². The van der Waals surface area contributed by atoms with Gasteiger partial charge >= 0.3 is 0 Å². The highest BCUT2D eigenvalue weighted by atomic mass is 35.5. The minimum absolute atomic E-state index is 0.0729. The van der Waals surface area contributed by atoms with Crippen LogP contribution in [0.15, 0.2) is 48.5 Å². The molecule has 0 unspecified atom stereocenters. The molecule has 3 rings (SSSR count). The molecule has 0 aliphatic heterocycles. The molecular weight excluding hydrogens is 505 g/mol. The van der Waals surface area contributed by atoms with Crippen LogP contribution in [-0.2, 0) is 26.0 Å². The number of hydrogen-bond acceptors (Lipinski definition) is 4. The van der Waals surface area contributed by atoms with E-state index >= 15 is 0 Å². The Labute approximate surface area is 217 Å². The molecule has 2 amide bonds. The second kappa shape index (κ2) is 12.5. The first-order valence-electron chi connectivity index (χ1n) is 12.2. The predicted octanol–water partition coefficient (Wildman–Crippen LogP) is 4.15. The third-order valence-electron chi connectivity index (χ3n) is 6.44. The number of hydrogen-bond donors (Lipinski definition) is 1. The highest BCUT2D eigenvalue weighted by molar-refractivity contribution is 7.92. The van der Waals surface area contributed by atoms with Gasteiger partial charge in [0.05, 0.1) is 17.0 Å². The molecule has 1 fully saturated rings. The molecule has 1 N–H and O–H groups in total. The summed E-state index contributed by atoms with van der Waals surface area (Å²) in [6.07, 6.45) is 5.78. The average molecular weight is 538 g/mol. The largest absolute Gasteiger partial charge is 0.352 e. The van der Waals surface area contributed by atoms with E-state index in [9.17, 15) is 22.4 Å². The summed E-state index contributed by atoms with van der Waals surface area (Å²) in [5.41, 5.74) is 1.07. The molecule has 0 aromatic heterocycles. The molecule has 0 radical (unpaired) electrons. The molecule has 2 aromatic rings. The van der Waals surface area contributed by atoms with Gasteiger partial charge < -0.3 is 10.2 Å². The van der Waals surface area contributed by atoms with Crippen molar-refractivity contribution in [3.8, 4) is 0 Å². The molecular formula is C26H33ClFN3O4S. The van der Waals surface area contributed by atoms with Crippen molar-refractivity contribution in [2.45, 2.75) is 57.5 Å². The van der Waals surface area contributed by atoms with Crippen LogP contribution in [0.4, 0.5) is 10.1 Å². The molecule has 0 spiro atoms. The molecule has 196 valence electrons. The second-order valence-electron chi connectivity index (χ2n) is 9.10. The maximum absolute atomic E-state index is 13.7. The van der Waals surface area contributed by atoms with Crippen molar-refractivity contribution in [1.29, 1.82) is 0 Å². The van der Waals surface area contributed by atoms with Gasteiger partial charge in [-0.2, -0.15) is 0 Å². The number of sulfonamides is 1. The Hall–Kier alpha value is -2.65. The third-order valence-corrected chi connectivity index (χ3v) is 7.87. The van der Waals surface area contributed by atoms with Crippen LogP contribution in [0, 0.1) is 5.82 Å². The molecule has 10 heteroatoms. The fraction of sp³-hybridized carbons (Fsp3) is 0.462. The van der Waals surface area contributed by atoms with Crippen molar-refractivity contribution in [2.24, 2.45) is 0 Å². The summed E-state index contributed by atoms with van der Waals surface area (Å²) in [7, 11) is -3.91. The third kappa shape index (κ3) is 7.43. The minimum Gasteiger partial charge on any atom is -0.352 e. The van der Waals surface area contributed by atoms with Gasteiger partial charge in [-0.05, 0) is 49.4 Å². The van der Waals surface area contributed by atoms with E-state index in [4.69, 9.17) is 11.6 Å². The monoisotopic (exact) mass is 537 g/mol. The number of nitrogens with zero attached hydrogens (tertiary/aromatic N) is 2. The molecule has 1 aliphatic rings. The van der Waals surface area contributed by atoms with E-state index in [1.54, 1.807) is 0 Å². The number of carbonyl (C=O) groups is 2. The molecule has 7 nitrogen and oxygen atoms in total. The number of nitrogens with one attached hydrogen (secondary N) is 1. The van der Waals surface area contributed by atoms with Crippen molar-refractivity contribution in [1.82, 2.24) is 10.2 Å². The zero-order chi connectivity index (χ0) is 26.3. The summed E-state index contributed by atoms with van der Waals surface area (Å²) in [6, 6.07) is 12.4. The maximum atomic E-state index is 13.7. The van der Waals surface area contributed by atoms with Crippen molar-refractivity contribution < 1.29 is 22.4 Å². The van der Waals surface area contributed by atoms with Crippen LogP contribution in [0.2, 0.25) is 5.02 Å². The van der Waals surface area contributed by atoms with Gasteiger partial charge in [0.25, 0.3) is 0 Å². The lowest BCUT2D eigenvalue weighted by Crippen LogP contribution is -2.54. The molecule has 1 atom stereocenters. The Bertz CT molecular complexity index is 1160. The maximum Gasteiger partial charge on any atom is 0.244 e. The lowest BCUT2D eigenvalue weighted by molar-refractivity contribution is -0.139. The summed E-state index contributed by atoms with van der Waals surface area (Å²) in [6.45, 7) is 1.53. The standard InChI is InChI=1S/C26H33ClFN3O4S/c1-3-24(26(33)29-20-11-7-8-12-20)30(16-15-19-9-5-4-6-10-19)25(32)18-31(36(2,34)35)21-13-14-23(28)22(27)17-21/h4-6,9-10,13-14,17,20,24H,3,7-8,11-12,15-16,18H2,1-2H3,(H,29,33)/t24-/m1/s1. The van der Waals surface area contributed by atoms with Gasteiger partial charge in [-0.1, -0.05) is 61.7 Å². The lowest BCUT2D eigenvalue weighted by atomic mass is 10.1. The molecule has 0 saturated heterocycles. The fourth-order valence-corrected chi connectivity index (χ4v) is 5.53. The highest BCUT2D eigenvalue weighted by Gasteiger charge is 2.32. The van der Waals surface area contributed by atoms with E-state index in [2.05, 4.69) is 5.32 Å². The number of rotatable bonds is 11. The smallest absolute Gasteiger partial charge is 0.244 e. The summed E-state index contributed by atoms with van der Waals surface area (Å²) in [4.78, 5) is 28.3. The lowest BCUT2D eigenvalue weighted by Gasteiger charge is -2.33. The zero-order valence-corrected chi connectivity index (χ0v) is 22.2. The molecule has 1 aliphatic carbocycles. The SMILES string of the molecule is CC[C@H](C(=O)NC1CCCC1)N(CCc1ccccc1)C(=O)CN(c1ccc(F)c(Cl)c1)S(C)(=O)=O. The van der Waals surface area contributed by atoms with Crippen LogP contribution in [0.25, 0.3) is 0 Å². The average Bonchev–Trinajstić information content (AvgIpc) is 3.34. The van der Waals surface area contributed by atoms with E-state index < -0.39 is 34.3 Å². The Balaban J connectivity index is 1.87. The van der Waals surface area contributed by atoms with Crippen LogP contribution in [0.3, 0.4) is 0 Å². The number of amides is 2. The van der Waals surface area contributed by atoms with Crippen LogP contribution in [-0.4, -0.2) is 56.6 Å². The topological polar surface area (TPSA) is 86.8 Å². The predicted molar refractivity (Wildman–Crippen MR) is 140 cm³/mol. The first kappa shape index (κ1) is 27.9. The normalized spacial score (nSPS) is 14.9. The Morgan fingerprint density at radius 3 is 2.39 bits per heavy atom. The van der Waals surface area contributed by atoms with Gasteiger partial charge in [-0.25, -0.2) is 12.8 Å². The summed E-state index contributed by atoms with van der Waals surface area (Å²) >= 11 is 5.88. The molecule has 2 aromatic carbocycles. The van der Waals surface area contributed by atoms with Crippen LogP contribution < -0.4 is 9.62 Å². The highest BCUT2D eigenvalue weighted by Crippen LogP contribution is 2.25. The van der Waals surface area contributed by atoms with Crippen LogP contribution in [0.1, 0.15) is 44.6 Å². The second-order valence-corrected chi connectivity index (χ2v) is 11.4. The summed E-state index contributed by atoms with van der Waals surface area (Å²) < 4.78 is 39.8. The number of carbonyl (C=O) groups excluding carboxylic acids is 2. The number of anilines is 1. The van der Waals surface area contributed by atoms with Gasteiger partial charge in [-0.3, -0.25) is 13.9 Å². The van der Waals surface area contributed by atoms with Gasteiger partial charge in [-0.15, -0.1) is 0 Å². The van der Waals surface area contributed by atoms with Gasteiger partial charge in [0.2, 0.25) is 21.8 Å².